The van der Waals surface area contributed by atoms with Crippen molar-refractivity contribution in [2.75, 3.05) is 19.6 Å². The van der Waals surface area contributed by atoms with Gasteiger partial charge in [-0.25, -0.2) is 4.98 Å². The van der Waals surface area contributed by atoms with E-state index in [-0.39, 0.29) is 22.1 Å². The van der Waals surface area contributed by atoms with Crippen molar-refractivity contribution >= 4 is 35.0 Å². The molecule has 0 bridgehead atoms. The summed E-state index contributed by atoms with van der Waals surface area (Å²) in [5.74, 6) is -0.242. The monoisotopic (exact) mass is 287 g/mol. The molecule has 0 atom stereocenters. The second-order valence-electron chi connectivity index (χ2n) is 3.89. The van der Waals surface area contributed by atoms with E-state index in [1.165, 1.54) is 12.1 Å². The van der Waals surface area contributed by atoms with E-state index in [9.17, 15) is 9.59 Å². The van der Waals surface area contributed by atoms with Gasteiger partial charge in [-0.05, 0) is 12.1 Å². The Morgan fingerprint density at radius 2 is 1.94 bits per heavy atom. The van der Waals surface area contributed by atoms with Crippen molar-refractivity contribution in [3.8, 4) is 0 Å². The maximum atomic E-state index is 12.2. The van der Waals surface area contributed by atoms with Crippen LogP contribution in [0.3, 0.4) is 0 Å². The molecule has 0 unspecified atom stereocenters. The van der Waals surface area contributed by atoms with Crippen molar-refractivity contribution in [1.29, 1.82) is 0 Å². The SMILES string of the molecule is O=C1CCN(C(=O)c2cc(Cl)nc(Cl)c2)CCN1. The highest BCUT2D eigenvalue weighted by atomic mass is 35.5. The maximum Gasteiger partial charge on any atom is 0.254 e. The molecule has 0 saturated carbocycles. The van der Waals surface area contributed by atoms with Gasteiger partial charge in [-0.2, -0.15) is 0 Å². The summed E-state index contributed by atoms with van der Waals surface area (Å²) in [7, 11) is 0. The minimum absolute atomic E-state index is 0.0453. The quantitative estimate of drug-likeness (QED) is 0.793. The molecular formula is C11H11Cl2N3O2. The molecule has 1 aromatic rings. The molecule has 18 heavy (non-hydrogen) atoms. The molecule has 1 N–H and O–H groups in total. The first-order valence-electron chi connectivity index (χ1n) is 5.45. The van der Waals surface area contributed by atoms with E-state index < -0.39 is 0 Å². The molecule has 2 rings (SSSR count). The normalized spacial score (nSPS) is 16.1. The van der Waals surface area contributed by atoms with Crippen molar-refractivity contribution in [3.05, 3.63) is 28.0 Å². The fourth-order valence-electron chi connectivity index (χ4n) is 1.74. The van der Waals surface area contributed by atoms with Gasteiger partial charge in [-0.1, -0.05) is 23.2 Å². The molecule has 1 saturated heterocycles. The van der Waals surface area contributed by atoms with Gasteiger partial charge < -0.3 is 10.2 Å². The summed E-state index contributed by atoms with van der Waals surface area (Å²) in [6, 6.07) is 2.94. The van der Waals surface area contributed by atoms with Crippen LogP contribution in [0.2, 0.25) is 10.3 Å². The lowest BCUT2D eigenvalue weighted by atomic mass is 10.2. The smallest absolute Gasteiger partial charge is 0.254 e. The summed E-state index contributed by atoms with van der Waals surface area (Å²) < 4.78 is 0. The number of carbonyl (C=O) groups is 2. The minimum Gasteiger partial charge on any atom is -0.354 e. The minimum atomic E-state index is -0.197. The Labute approximate surface area is 114 Å². The average molecular weight is 288 g/mol. The predicted molar refractivity (Wildman–Crippen MR) is 67.8 cm³/mol. The lowest BCUT2D eigenvalue weighted by molar-refractivity contribution is -0.120. The van der Waals surface area contributed by atoms with Crippen LogP contribution in [-0.4, -0.2) is 41.3 Å². The first-order chi connectivity index (χ1) is 8.56. The molecule has 96 valence electrons. The van der Waals surface area contributed by atoms with Crippen molar-refractivity contribution in [2.24, 2.45) is 0 Å². The van der Waals surface area contributed by atoms with E-state index in [2.05, 4.69) is 10.3 Å². The number of halogens is 2. The highest BCUT2D eigenvalue weighted by Gasteiger charge is 2.20. The number of rotatable bonds is 1. The van der Waals surface area contributed by atoms with E-state index >= 15 is 0 Å². The average Bonchev–Trinajstić information content (AvgIpc) is 2.52. The molecule has 1 aliphatic heterocycles. The number of aromatic nitrogens is 1. The summed E-state index contributed by atoms with van der Waals surface area (Å²) in [6.45, 7) is 1.32. The number of nitrogens with one attached hydrogen (secondary N) is 1. The standard InChI is InChI=1S/C11H11Cl2N3O2/c12-8-5-7(6-9(13)15-8)11(18)16-3-1-10(17)14-2-4-16/h5-6H,1-4H2,(H,14,17). The van der Waals surface area contributed by atoms with Gasteiger partial charge in [0.1, 0.15) is 10.3 Å². The molecule has 0 aliphatic carbocycles. The van der Waals surface area contributed by atoms with Gasteiger partial charge >= 0.3 is 0 Å². The Bertz CT molecular complexity index is 473. The fourth-order valence-corrected chi connectivity index (χ4v) is 2.20. The maximum absolute atomic E-state index is 12.2. The molecular weight excluding hydrogens is 277 g/mol. The van der Waals surface area contributed by atoms with E-state index in [0.717, 1.165) is 0 Å². The van der Waals surface area contributed by atoms with Crippen LogP contribution in [0, 0.1) is 0 Å². The topological polar surface area (TPSA) is 62.3 Å². The molecule has 2 heterocycles. The lowest BCUT2D eigenvalue weighted by Crippen LogP contribution is -2.34. The molecule has 7 heteroatoms. The van der Waals surface area contributed by atoms with E-state index in [0.29, 0.717) is 31.6 Å². The Morgan fingerprint density at radius 1 is 1.28 bits per heavy atom. The van der Waals surface area contributed by atoms with Crippen molar-refractivity contribution < 1.29 is 9.59 Å². The molecule has 1 aromatic heterocycles. The van der Waals surface area contributed by atoms with Crippen LogP contribution in [0.5, 0.6) is 0 Å². The van der Waals surface area contributed by atoms with Crippen LogP contribution in [0.25, 0.3) is 0 Å². The number of carbonyl (C=O) groups excluding carboxylic acids is 2. The number of pyridine rings is 1. The molecule has 0 spiro atoms. The molecule has 0 aromatic carbocycles. The van der Waals surface area contributed by atoms with E-state index in [4.69, 9.17) is 23.2 Å². The Kier molecular flexibility index (Phi) is 4.04. The van der Waals surface area contributed by atoms with Crippen LogP contribution in [0.1, 0.15) is 16.8 Å². The first kappa shape index (κ1) is 13.1. The summed E-state index contributed by atoms with van der Waals surface area (Å²) >= 11 is 11.5. The highest BCUT2D eigenvalue weighted by molar-refractivity contribution is 6.33. The largest absolute Gasteiger partial charge is 0.354 e. The second-order valence-corrected chi connectivity index (χ2v) is 4.67. The molecule has 5 nitrogen and oxygen atoms in total. The summed E-state index contributed by atoms with van der Waals surface area (Å²) in [5, 5.41) is 3.06. The van der Waals surface area contributed by atoms with Crippen molar-refractivity contribution in [3.63, 3.8) is 0 Å². The predicted octanol–water partition coefficient (Wildman–Crippen LogP) is 1.35. The van der Waals surface area contributed by atoms with Gasteiger partial charge in [-0.15, -0.1) is 0 Å². The summed E-state index contributed by atoms with van der Waals surface area (Å²) in [6.07, 6.45) is 0.304. The number of hydrogen-bond acceptors (Lipinski definition) is 3. The van der Waals surface area contributed by atoms with Crippen LogP contribution < -0.4 is 5.32 Å². The molecule has 2 amide bonds. The van der Waals surface area contributed by atoms with Crippen LogP contribution in [0.4, 0.5) is 0 Å². The lowest BCUT2D eigenvalue weighted by Gasteiger charge is -2.19. The number of hydrogen-bond donors (Lipinski definition) is 1. The zero-order chi connectivity index (χ0) is 13.1. The third-order valence-corrected chi connectivity index (χ3v) is 3.00. The van der Waals surface area contributed by atoms with Gasteiger partial charge in [-0.3, -0.25) is 9.59 Å². The van der Waals surface area contributed by atoms with Gasteiger partial charge in [0.25, 0.3) is 5.91 Å². The van der Waals surface area contributed by atoms with Gasteiger partial charge in [0, 0.05) is 31.6 Å². The third-order valence-electron chi connectivity index (χ3n) is 2.61. The first-order valence-corrected chi connectivity index (χ1v) is 6.21. The van der Waals surface area contributed by atoms with Gasteiger partial charge in [0.05, 0.1) is 0 Å². The van der Waals surface area contributed by atoms with Crippen molar-refractivity contribution in [1.82, 2.24) is 15.2 Å². The Morgan fingerprint density at radius 3 is 2.61 bits per heavy atom. The summed E-state index contributed by atoms with van der Waals surface area (Å²) in [4.78, 5) is 28.8. The number of amides is 2. The van der Waals surface area contributed by atoms with Gasteiger partial charge in [0.15, 0.2) is 0 Å². The zero-order valence-electron chi connectivity index (χ0n) is 9.45. The van der Waals surface area contributed by atoms with Crippen LogP contribution in [0.15, 0.2) is 12.1 Å². The summed E-state index contributed by atoms with van der Waals surface area (Å²) in [5.41, 5.74) is 0.384. The number of nitrogens with zero attached hydrogens (tertiary/aromatic N) is 2. The Balaban J connectivity index is 2.17. The van der Waals surface area contributed by atoms with E-state index in [1.807, 2.05) is 0 Å². The zero-order valence-corrected chi connectivity index (χ0v) is 11.0. The highest BCUT2D eigenvalue weighted by Crippen LogP contribution is 2.16. The third kappa shape index (κ3) is 3.11. The molecule has 1 aliphatic rings. The van der Waals surface area contributed by atoms with Crippen LogP contribution in [-0.2, 0) is 4.79 Å². The Hall–Kier alpha value is -1.33. The fraction of sp³-hybridized carbons (Fsp3) is 0.364. The van der Waals surface area contributed by atoms with Crippen molar-refractivity contribution in [2.45, 2.75) is 6.42 Å². The van der Waals surface area contributed by atoms with E-state index in [1.54, 1.807) is 4.90 Å². The molecule has 0 radical (unpaired) electrons. The second kappa shape index (κ2) is 5.54. The van der Waals surface area contributed by atoms with Crippen LogP contribution >= 0.6 is 23.2 Å². The van der Waals surface area contributed by atoms with Gasteiger partial charge in [0.2, 0.25) is 5.91 Å². The molecule has 1 fully saturated rings.